The van der Waals surface area contributed by atoms with Crippen molar-refractivity contribution in [2.24, 2.45) is 5.92 Å². The van der Waals surface area contributed by atoms with Crippen molar-refractivity contribution >= 4 is 0 Å². The van der Waals surface area contributed by atoms with Crippen LogP contribution in [-0.4, -0.2) is 18.2 Å². The van der Waals surface area contributed by atoms with Crippen LogP contribution >= 0.6 is 0 Å². The molecule has 0 amide bonds. The van der Waals surface area contributed by atoms with E-state index in [-0.39, 0.29) is 0 Å². The molecule has 0 saturated carbocycles. The highest BCUT2D eigenvalue weighted by atomic mass is 16.3. The fraction of sp³-hybridized carbons (Fsp3) is 0.667. The van der Waals surface area contributed by atoms with Gasteiger partial charge in [-0.3, -0.25) is 0 Å². The van der Waals surface area contributed by atoms with Crippen molar-refractivity contribution in [3.05, 3.63) is 35.4 Å². The number of hydrogen-bond acceptors (Lipinski definition) is 2. The second-order valence-electron chi connectivity index (χ2n) is 6.12. The second-order valence-corrected chi connectivity index (χ2v) is 6.12. The van der Waals surface area contributed by atoms with Gasteiger partial charge in [0.2, 0.25) is 0 Å². The van der Waals surface area contributed by atoms with E-state index >= 15 is 0 Å². The Labute approximate surface area is 124 Å². The van der Waals surface area contributed by atoms with E-state index in [1.165, 1.54) is 31.2 Å². The van der Waals surface area contributed by atoms with Gasteiger partial charge in [-0.05, 0) is 36.4 Å². The van der Waals surface area contributed by atoms with Crippen LogP contribution in [0.2, 0.25) is 0 Å². The smallest absolute Gasteiger partial charge is 0.0914 e. The molecule has 0 radical (unpaired) electrons. The monoisotopic (exact) mass is 277 g/mol. The number of hydrogen-bond donors (Lipinski definition) is 2. The molecule has 0 bridgehead atoms. The lowest BCUT2D eigenvalue weighted by Gasteiger charge is -2.14. The highest BCUT2D eigenvalue weighted by molar-refractivity contribution is 5.25. The quantitative estimate of drug-likeness (QED) is 0.631. The molecule has 1 unspecified atom stereocenters. The largest absolute Gasteiger partial charge is 0.387 e. The zero-order valence-corrected chi connectivity index (χ0v) is 13.4. The third-order valence-electron chi connectivity index (χ3n) is 3.52. The van der Waals surface area contributed by atoms with Gasteiger partial charge >= 0.3 is 0 Å². The normalized spacial score (nSPS) is 12.8. The van der Waals surface area contributed by atoms with E-state index in [1.54, 1.807) is 0 Å². The molecule has 0 fully saturated rings. The van der Waals surface area contributed by atoms with Gasteiger partial charge in [0, 0.05) is 6.54 Å². The highest BCUT2D eigenvalue weighted by Crippen LogP contribution is 2.16. The lowest BCUT2D eigenvalue weighted by molar-refractivity contribution is 0.174. The first-order chi connectivity index (χ1) is 9.63. The molecule has 0 aliphatic carbocycles. The lowest BCUT2D eigenvalue weighted by Crippen LogP contribution is -2.22. The molecular formula is C18H31NO. The zero-order valence-electron chi connectivity index (χ0n) is 13.4. The molecule has 114 valence electrons. The Kier molecular flexibility index (Phi) is 8.56. The zero-order chi connectivity index (χ0) is 14.8. The first-order valence-corrected chi connectivity index (χ1v) is 8.11. The summed E-state index contributed by atoms with van der Waals surface area (Å²) >= 11 is 0. The van der Waals surface area contributed by atoms with E-state index in [9.17, 15) is 5.11 Å². The molecule has 2 heteroatoms. The first-order valence-electron chi connectivity index (χ1n) is 8.11. The van der Waals surface area contributed by atoms with E-state index in [2.05, 4.69) is 44.3 Å². The van der Waals surface area contributed by atoms with Crippen LogP contribution in [0.3, 0.4) is 0 Å². The molecule has 0 saturated heterocycles. The van der Waals surface area contributed by atoms with Crippen molar-refractivity contribution < 1.29 is 5.11 Å². The Hall–Kier alpha value is -0.860. The van der Waals surface area contributed by atoms with Crippen LogP contribution in [0.1, 0.15) is 63.7 Å². The minimum Gasteiger partial charge on any atom is -0.387 e. The predicted molar refractivity (Wildman–Crippen MR) is 87.0 cm³/mol. The van der Waals surface area contributed by atoms with Crippen molar-refractivity contribution in [2.75, 3.05) is 13.1 Å². The van der Waals surface area contributed by atoms with Crippen LogP contribution in [0, 0.1) is 5.92 Å². The fourth-order valence-electron chi connectivity index (χ4n) is 2.43. The fourth-order valence-corrected chi connectivity index (χ4v) is 2.43. The van der Waals surface area contributed by atoms with Crippen molar-refractivity contribution in [3.63, 3.8) is 0 Å². The standard InChI is InChI=1S/C18H31NO/c1-4-5-6-7-11-19-14-18(20)17-10-8-9-16(13-17)12-15(2)3/h8-10,13,15,18-20H,4-7,11-12,14H2,1-3H3. The summed E-state index contributed by atoms with van der Waals surface area (Å²) in [6, 6.07) is 8.36. The second kappa shape index (κ2) is 9.95. The van der Waals surface area contributed by atoms with Crippen LogP contribution in [0.25, 0.3) is 0 Å². The topological polar surface area (TPSA) is 32.3 Å². The summed E-state index contributed by atoms with van der Waals surface area (Å²) in [6.45, 7) is 8.32. The van der Waals surface area contributed by atoms with E-state index in [4.69, 9.17) is 0 Å². The van der Waals surface area contributed by atoms with E-state index in [1.807, 2.05) is 6.07 Å². The maximum absolute atomic E-state index is 10.2. The molecule has 0 aliphatic heterocycles. The Bertz CT molecular complexity index is 362. The van der Waals surface area contributed by atoms with Gasteiger partial charge in [0.05, 0.1) is 6.10 Å². The molecule has 0 spiro atoms. The van der Waals surface area contributed by atoms with Gasteiger partial charge in [-0.25, -0.2) is 0 Å². The maximum Gasteiger partial charge on any atom is 0.0914 e. The Morgan fingerprint density at radius 1 is 1.15 bits per heavy atom. The molecule has 0 heterocycles. The third-order valence-corrected chi connectivity index (χ3v) is 3.52. The summed E-state index contributed by atoms with van der Waals surface area (Å²) in [4.78, 5) is 0. The number of benzene rings is 1. The minimum absolute atomic E-state index is 0.395. The summed E-state index contributed by atoms with van der Waals surface area (Å²) < 4.78 is 0. The van der Waals surface area contributed by atoms with Crippen molar-refractivity contribution in [2.45, 2.75) is 59.0 Å². The average Bonchev–Trinajstić information content (AvgIpc) is 2.42. The molecule has 1 rings (SSSR count). The summed E-state index contributed by atoms with van der Waals surface area (Å²) in [5.41, 5.74) is 2.35. The van der Waals surface area contributed by atoms with Crippen LogP contribution in [0.5, 0.6) is 0 Å². The van der Waals surface area contributed by atoms with Crippen molar-refractivity contribution in [1.82, 2.24) is 5.32 Å². The molecule has 1 aromatic rings. The number of unbranched alkanes of at least 4 members (excludes halogenated alkanes) is 3. The number of aliphatic hydroxyl groups excluding tert-OH is 1. The number of aliphatic hydroxyl groups is 1. The predicted octanol–water partition coefficient (Wildman–Crippen LogP) is 4.09. The van der Waals surface area contributed by atoms with Crippen molar-refractivity contribution in [1.29, 1.82) is 0 Å². The van der Waals surface area contributed by atoms with E-state index in [0.29, 0.717) is 12.5 Å². The highest BCUT2D eigenvalue weighted by Gasteiger charge is 2.08. The molecule has 2 N–H and O–H groups in total. The molecule has 0 aliphatic rings. The van der Waals surface area contributed by atoms with Gasteiger partial charge in [0.15, 0.2) is 0 Å². The summed E-state index contributed by atoms with van der Waals surface area (Å²) in [5.74, 6) is 0.652. The summed E-state index contributed by atoms with van der Waals surface area (Å²) in [5, 5.41) is 13.6. The summed E-state index contributed by atoms with van der Waals surface area (Å²) in [7, 11) is 0. The molecule has 2 nitrogen and oxygen atoms in total. The van der Waals surface area contributed by atoms with Crippen LogP contribution < -0.4 is 5.32 Å². The molecule has 1 aromatic carbocycles. The number of rotatable bonds is 10. The van der Waals surface area contributed by atoms with Gasteiger partial charge in [-0.15, -0.1) is 0 Å². The number of nitrogens with one attached hydrogen (secondary N) is 1. The Morgan fingerprint density at radius 2 is 1.95 bits per heavy atom. The lowest BCUT2D eigenvalue weighted by atomic mass is 9.99. The van der Waals surface area contributed by atoms with E-state index < -0.39 is 6.10 Å². The van der Waals surface area contributed by atoms with E-state index in [0.717, 1.165) is 18.5 Å². The summed E-state index contributed by atoms with van der Waals surface area (Å²) in [6.07, 6.45) is 5.74. The van der Waals surface area contributed by atoms with Crippen LogP contribution in [-0.2, 0) is 6.42 Å². The maximum atomic E-state index is 10.2. The van der Waals surface area contributed by atoms with Gasteiger partial charge < -0.3 is 10.4 Å². The Balaban J connectivity index is 2.33. The van der Waals surface area contributed by atoms with Gasteiger partial charge in [-0.2, -0.15) is 0 Å². The van der Waals surface area contributed by atoms with Gasteiger partial charge in [0.25, 0.3) is 0 Å². The SMILES string of the molecule is CCCCCCNCC(O)c1cccc(CC(C)C)c1. The molecular weight excluding hydrogens is 246 g/mol. The van der Waals surface area contributed by atoms with Crippen LogP contribution in [0.4, 0.5) is 0 Å². The van der Waals surface area contributed by atoms with Crippen molar-refractivity contribution in [3.8, 4) is 0 Å². The minimum atomic E-state index is -0.395. The molecule has 20 heavy (non-hydrogen) atoms. The molecule has 1 atom stereocenters. The van der Waals surface area contributed by atoms with Gasteiger partial charge in [-0.1, -0.05) is 64.3 Å². The molecule has 0 aromatic heterocycles. The Morgan fingerprint density at radius 3 is 2.65 bits per heavy atom. The first kappa shape index (κ1) is 17.2. The third kappa shape index (κ3) is 7.06. The van der Waals surface area contributed by atoms with Crippen LogP contribution in [0.15, 0.2) is 24.3 Å². The van der Waals surface area contributed by atoms with Gasteiger partial charge in [0.1, 0.15) is 0 Å². The average molecular weight is 277 g/mol.